The third kappa shape index (κ3) is 4.49. The molecule has 100 valence electrons. The Balaban J connectivity index is 2.56. The molecule has 0 aliphatic heterocycles. The Morgan fingerprint density at radius 1 is 1.28 bits per heavy atom. The number of rotatable bonds is 5. The van der Waals surface area contributed by atoms with Crippen molar-refractivity contribution < 1.29 is 4.79 Å². The summed E-state index contributed by atoms with van der Waals surface area (Å²) in [5.41, 5.74) is 8.26. The van der Waals surface area contributed by atoms with Crippen LogP contribution in [0.3, 0.4) is 0 Å². The lowest BCUT2D eigenvalue weighted by Gasteiger charge is -2.22. The van der Waals surface area contributed by atoms with E-state index in [0.717, 1.165) is 12.0 Å². The first-order chi connectivity index (χ1) is 8.40. The van der Waals surface area contributed by atoms with Crippen molar-refractivity contribution in [3.05, 3.63) is 35.4 Å². The Bertz CT molecular complexity index is 384. The van der Waals surface area contributed by atoms with Crippen LogP contribution in [0.5, 0.6) is 0 Å². The summed E-state index contributed by atoms with van der Waals surface area (Å²) in [4.78, 5) is 13.8. The predicted molar refractivity (Wildman–Crippen MR) is 75.1 cm³/mol. The van der Waals surface area contributed by atoms with Crippen molar-refractivity contribution in [3.63, 3.8) is 0 Å². The van der Waals surface area contributed by atoms with Crippen LogP contribution in [-0.4, -0.2) is 23.9 Å². The first kappa shape index (κ1) is 14.7. The molecule has 2 N–H and O–H groups in total. The molecule has 0 spiro atoms. The molecule has 0 fully saturated rings. The molecule has 0 aromatic heterocycles. The van der Waals surface area contributed by atoms with Gasteiger partial charge in [0.15, 0.2) is 0 Å². The highest BCUT2D eigenvalue weighted by Crippen LogP contribution is 2.09. The highest BCUT2D eigenvalue weighted by atomic mass is 16.2. The quantitative estimate of drug-likeness (QED) is 0.869. The summed E-state index contributed by atoms with van der Waals surface area (Å²) in [6, 6.07) is 7.82. The predicted octanol–water partition coefficient (Wildman–Crippen LogP) is 2.33. The lowest BCUT2D eigenvalue weighted by molar-refractivity contribution is -0.132. The van der Waals surface area contributed by atoms with Gasteiger partial charge >= 0.3 is 0 Å². The topological polar surface area (TPSA) is 46.3 Å². The Labute approximate surface area is 110 Å². The van der Waals surface area contributed by atoms with E-state index in [0.29, 0.717) is 12.5 Å². The fourth-order valence-electron chi connectivity index (χ4n) is 1.94. The van der Waals surface area contributed by atoms with Crippen molar-refractivity contribution in [2.45, 2.75) is 39.8 Å². The average molecular weight is 248 g/mol. The Morgan fingerprint density at radius 2 is 1.83 bits per heavy atom. The molecule has 0 heterocycles. The van der Waals surface area contributed by atoms with E-state index in [2.05, 4.69) is 32.9 Å². The molecule has 18 heavy (non-hydrogen) atoms. The van der Waals surface area contributed by atoms with Crippen LogP contribution in [0.4, 0.5) is 0 Å². The van der Waals surface area contributed by atoms with E-state index >= 15 is 0 Å². The number of nitrogens with zero attached hydrogens (tertiary/aromatic N) is 1. The molecular formula is C15H24N2O. The van der Waals surface area contributed by atoms with Crippen LogP contribution in [0.1, 0.15) is 31.4 Å². The maximum atomic E-state index is 12.1. The van der Waals surface area contributed by atoms with Gasteiger partial charge in [0.25, 0.3) is 0 Å². The molecule has 3 heteroatoms. The van der Waals surface area contributed by atoms with E-state index in [1.807, 2.05) is 19.2 Å². The summed E-state index contributed by atoms with van der Waals surface area (Å²) >= 11 is 0. The van der Waals surface area contributed by atoms with Gasteiger partial charge in [0.1, 0.15) is 0 Å². The fourth-order valence-corrected chi connectivity index (χ4v) is 1.94. The summed E-state index contributed by atoms with van der Waals surface area (Å²) in [6.07, 6.45) is 0.733. The summed E-state index contributed by atoms with van der Waals surface area (Å²) in [6.45, 7) is 6.82. The lowest BCUT2D eigenvalue weighted by atomic mass is 10.0. The highest BCUT2D eigenvalue weighted by Gasteiger charge is 2.18. The number of aryl methyl sites for hydroxylation is 1. The molecule has 0 radical (unpaired) electrons. The molecule has 0 saturated heterocycles. The van der Waals surface area contributed by atoms with Gasteiger partial charge in [-0.1, -0.05) is 43.7 Å². The maximum absolute atomic E-state index is 12.1. The number of hydrogen-bond donors (Lipinski definition) is 1. The molecule has 1 aromatic rings. The number of carbonyl (C=O) groups is 1. The normalized spacial score (nSPS) is 12.6. The number of amides is 1. The van der Waals surface area contributed by atoms with Crippen LogP contribution in [0.15, 0.2) is 24.3 Å². The molecule has 1 unspecified atom stereocenters. The summed E-state index contributed by atoms with van der Waals surface area (Å²) in [5.74, 6) is 0.459. The smallest absolute Gasteiger partial charge is 0.239 e. The van der Waals surface area contributed by atoms with Crippen molar-refractivity contribution in [1.29, 1.82) is 0 Å². The molecule has 0 saturated carbocycles. The third-order valence-corrected chi connectivity index (χ3v) is 2.96. The average Bonchev–Trinajstić information content (AvgIpc) is 2.30. The highest BCUT2D eigenvalue weighted by molar-refractivity contribution is 5.81. The standard InChI is InChI=1S/C15H24N2O/c1-11(2)9-14(16)15(18)17(4)10-13-7-5-12(3)6-8-13/h5-8,11,14H,9-10,16H2,1-4H3. The third-order valence-electron chi connectivity index (χ3n) is 2.96. The van der Waals surface area contributed by atoms with Crippen molar-refractivity contribution >= 4 is 5.91 Å². The molecule has 1 rings (SSSR count). The summed E-state index contributed by atoms with van der Waals surface area (Å²) in [7, 11) is 1.81. The summed E-state index contributed by atoms with van der Waals surface area (Å²) in [5, 5.41) is 0. The molecule has 0 aliphatic rings. The Hall–Kier alpha value is -1.35. The Kier molecular flexibility index (Phi) is 5.35. The maximum Gasteiger partial charge on any atom is 0.239 e. The van der Waals surface area contributed by atoms with E-state index in [1.165, 1.54) is 5.56 Å². The van der Waals surface area contributed by atoms with Gasteiger partial charge in [-0.15, -0.1) is 0 Å². The minimum Gasteiger partial charge on any atom is -0.340 e. The zero-order valence-electron chi connectivity index (χ0n) is 11.8. The van der Waals surface area contributed by atoms with Crippen molar-refractivity contribution in [2.75, 3.05) is 7.05 Å². The minimum absolute atomic E-state index is 0.0178. The zero-order valence-corrected chi connectivity index (χ0v) is 11.8. The van der Waals surface area contributed by atoms with Crippen LogP contribution in [0.25, 0.3) is 0 Å². The van der Waals surface area contributed by atoms with Gasteiger partial charge in [0.2, 0.25) is 5.91 Å². The van der Waals surface area contributed by atoms with Crippen LogP contribution < -0.4 is 5.73 Å². The largest absolute Gasteiger partial charge is 0.340 e. The number of likely N-dealkylation sites (N-methyl/N-ethyl adjacent to an activating group) is 1. The number of benzene rings is 1. The number of hydrogen-bond acceptors (Lipinski definition) is 2. The Morgan fingerprint density at radius 3 is 2.33 bits per heavy atom. The van der Waals surface area contributed by atoms with E-state index in [4.69, 9.17) is 5.73 Å². The number of nitrogens with two attached hydrogens (primary N) is 1. The van der Waals surface area contributed by atoms with Crippen LogP contribution in [0.2, 0.25) is 0 Å². The van der Waals surface area contributed by atoms with Gasteiger partial charge in [-0.05, 0) is 24.8 Å². The monoisotopic (exact) mass is 248 g/mol. The second-order valence-corrected chi connectivity index (χ2v) is 5.42. The van der Waals surface area contributed by atoms with Crippen molar-refractivity contribution in [3.8, 4) is 0 Å². The van der Waals surface area contributed by atoms with Gasteiger partial charge in [-0.3, -0.25) is 4.79 Å². The zero-order chi connectivity index (χ0) is 13.7. The first-order valence-electron chi connectivity index (χ1n) is 6.46. The second kappa shape index (κ2) is 6.55. The second-order valence-electron chi connectivity index (χ2n) is 5.42. The van der Waals surface area contributed by atoms with Crippen molar-refractivity contribution in [2.24, 2.45) is 11.7 Å². The molecule has 0 bridgehead atoms. The van der Waals surface area contributed by atoms with E-state index in [1.54, 1.807) is 4.90 Å². The molecular weight excluding hydrogens is 224 g/mol. The minimum atomic E-state index is -0.388. The molecule has 1 aromatic carbocycles. The van der Waals surface area contributed by atoms with Gasteiger partial charge in [0.05, 0.1) is 6.04 Å². The van der Waals surface area contributed by atoms with E-state index < -0.39 is 0 Å². The SMILES string of the molecule is Cc1ccc(CN(C)C(=O)C(N)CC(C)C)cc1. The van der Waals surface area contributed by atoms with E-state index in [-0.39, 0.29) is 11.9 Å². The first-order valence-corrected chi connectivity index (χ1v) is 6.46. The van der Waals surface area contributed by atoms with Crippen LogP contribution in [-0.2, 0) is 11.3 Å². The van der Waals surface area contributed by atoms with Crippen molar-refractivity contribution in [1.82, 2.24) is 4.90 Å². The van der Waals surface area contributed by atoms with E-state index in [9.17, 15) is 4.79 Å². The molecule has 1 atom stereocenters. The van der Waals surface area contributed by atoms with Gasteiger partial charge in [0, 0.05) is 13.6 Å². The molecule has 1 amide bonds. The molecule has 0 aliphatic carbocycles. The lowest BCUT2D eigenvalue weighted by Crippen LogP contribution is -2.42. The molecule has 3 nitrogen and oxygen atoms in total. The fraction of sp³-hybridized carbons (Fsp3) is 0.533. The van der Waals surface area contributed by atoms with Gasteiger partial charge in [-0.25, -0.2) is 0 Å². The number of carbonyl (C=O) groups excluding carboxylic acids is 1. The van der Waals surface area contributed by atoms with Gasteiger partial charge < -0.3 is 10.6 Å². The van der Waals surface area contributed by atoms with Gasteiger partial charge in [-0.2, -0.15) is 0 Å². The van der Waals surface area contributed by atoms with Crippen LogP contribution >= 0.6 is 0 Å². The van der Waals surface area contributed by atoms with Crippen LogP contribution in [0, 0.1) is 12.8 Å². The summed E-state index contributed by atoms with van der Waals surface area (Å²) < 4.78 is 0.